The standard InChI is InChI=1S/C20H21N3O5S/c1-27-14-5-2-4-13(10-14)23-19(25)18-16(7-9-29-18)22(20(23)26)12-17(24)21-11-15-6-3-8-28-15/h2,4-5,7,9-10,15H,3,6,8,11-12H2,1H3,(H,21,24)/t15-/m0/s1. The summed E-state index contributed by atoms with van der Waals surface area (Å²) < 4.78 is 13.5. The van der Waals surface area contributed by atoms with Gasteiger partial charge in [-0.15, -0.1) is 11.3 Å². The molecule has 9 heteroatoms. The van der Waals surface area contributed by atoms with Crippen molar-refractivity contribution >= 4 is 27.5 Å². The molecule has 0 saturated carbocycles. The minimum absolute atomic E-state index is 0.0163. The molecule has 4 rings (SSSR count). The molecule has 0 radical (unpaired) electrons. The number of benzene rings is 1. The molecule has 1 aliphatic rings. The Balaban J connectivity index is 1.71. The quantitative estimate of drug-likeness (QED) is 0.659. The number of carbonyl (C=O) groups is 1. The largest absolute Gasteiger partial charge is 0.497 e. The molecule has 3 heterocycles. The van der Waals surface area contributed by atoms with Crippen LogP contribution in [0.1, 0.15) is 12.8 Å². The van der Waals surface area contributed by atoms with Crippen LogP contribution in [-0.4, -0.2) is 41.4 Å². The second-order valence-corrected chi connectivity index (χ2v) is 7.70. The molecule has 1 atom stereocenters. The van der Waals surface area contributed by atoms with Crippen LogP contribution in [0.15, 0.2) is 45.3 Å². The van der Waals surface area contributed by atoms with Gasteiger partial charge >= 0.3 is 5.69 Å². The average molecular weight is 415 g/mol. The third kappa shape index (κ3) is 3.83. The van der Waals surface area contributed by atoms with Gasteiger partial charge in [0.2, 0.25) is 5.91 Å². The highest BCUT2D eigenvalue weighted by Crippen LogP contribution is 2.18. The fourth-order valence-electron chi connectivity index (χ4n) is 3.45. The molecule has 0 unspecified atom stereocenters. The molecule has 1 N–H and O–H groups in total. The van der Waals surface area contributed by atoms with Gasteiger partial charge in [0.15, 0.2) is 0 Å². The third-order valence-corrected chi connectivity index (χ3v) is 5.81. The van der Waals surface area contributed by atoms with Gasteiger partial charge in [0.1, 0.15) is 17.0 Å². The molecule has 1 fully saturated rings. The van der Waals surface area contributed by atoms with E-state index in [4.69, 9.17) is 9.47 Å². The first kappa shape index (κ1) is 19.4. The molecule has 29 heavy (non-hydrogen) atoms. The summed E-state index contributed by atoms with van der Waals surface area (Å²) >= 11 is 1.24. The van der Waals surface area contributed by atoms with Crippen LogP contribution in [0, 0.1) is 0 Å². The fourth-order valence-corrected chi connectivity index (χ4v) is 4.27. The van der Waals surface area contributed by atoms with Crippen molar-refractivity contribution in [2.24, 2.45) is 0 Å². The van der Waals surface area contributed by atoms with Crippen LogP contribution in [0.3, 0.4) is 0 Å². The minimum atomic E-state index is -0.568. The Hall–Kier alpha value is -2.91. The topological polar surface area (TPSA) is 91.6 Å². The maximum atomic E-state index is 13.2. The van der Waals surface area contributed by atoms with Crippen LogP contribution >= 0.6 is 11.3 Å². The Morgan fingerprint density at radius 1 is 1.34 bits per heavy atom. The zero-order valence-electron chi connectivity index (χ0n) is 15.9. The highest BCUT2D eigenvalue weighted by atomic mass is 32.1. The van der Waals surface area contributed by atoms with Gasteiger partial charge < -0.3 is 14.8 Å². The van der Waals surface area contributed by atoms with Crippen LogP contribution < -0.4 is 21.3 Å². The van der Waals surface area contributed by atoms with Crippen molar-refractivity contribution < 1.29 is 14.3 Å². The minimum Gasteiger partial charge on any atom is -0.497 e. The summed E-state index contributed by atoms with van der Waals surface area (Å²) in [6, 6.07) is 8.40. The van der Waals surface area contributed by atoms with E-state index in [2.05, 4.69) is 5.32 Å². The number of fused-ring (bicyclic) bond motifs is 1. The highest BCUT2D eigenvalue weighted by Gasteiger charge is 2.19. The van der Waals surface area contributed by atoms with Crippen LogP contribution in [-0.2, 0) is 16.1 Å². The van der Waals surface area contributed by atoms with Crippen LogP contribution in [0.4, 0.5) is 0 Å². The summed E-state index contributed by atoms with van der Waals surface area (Å²) in [6.45, 7) is 0.944. The summed E-state index contributed by atoms with van der Waals surface area (Å²) in [7, 11) is 1.51. The number of ether oxygens (including phenoxy) is 2. The lowest BCUT2D eigenvalue weighted by Gasteiger charge is -2.14. The van der Waals surface area contributed by atoms with Crippen molar-refractivity contribution in [1.29, 1.82) is 0 Å². The van der Waals surface area contributed by atoms with E-state index < -0.39 is 11.2 Å². The maximum Gasteiger partial charge on any atom is 0.336 e. The second kappa shape index (κ2) is 8.22. The predicted molar refractivity (Wildman–Crippen MR) is 110 cm³/mol. The molecule has 1 aromatic carbocycles. The van der Waals surface area contributed by atoms with E-state index in [1.165, 1.54) is 23.0 Å². The van der Waals surface area contributed by atoms with E-state index in [1.807, 2.05) is 0 Å². The molecular weight excluding hydrogens is 394 g/mol. The molecule has 8 nitrogen and oxygen atoms in total. The Labute approximate surface area is 170 Å². The number of methoxy groups -OCH3 is 1. The Kier molecular flexibility index (Phi) is 5.50. The molecule has 1 saturated heterocycles. The van der Waals surface area contributed by atoms with E-state index in [1.54, 1.807) is 35.7 Å². The number of hydrogen-bond acceptors (Lipinski definition) is 6. The van der Waals surface area contributed by atoms with Gasteiger partial charge in [0, 0.05) is 19.2 Å². The van der Waals surface area contributed by atoms with Crippen molar-refractivity contribution in [2.75, 3.05) is 20.3 Å². The number of aromatic nitrogens is 2. The smallest absolute Gasteiger partial charge is 0.336 e. The molecular formula is C20H21N3O5S. The van der Waals surface area contributed by atoms with Gasteiger partial charge in [-0.2, -0.15) is 0 Å². The number of amides is 1. The molecule has 2 aromatic heterocycles. The first-order valence-corrected chi connectivity index (χ1v) is 10.2. The van der Waals surface area contributed by atoms with Gasteiger partial charge in [-0.1, -0.05) is 6.07 Å². The van der Waals surface area contributed by atoms with Crippen molar-refractivity contribution in [3.8, 4) is 11.4 Å². The number of carbonyl (C=O) groups excluding carboxylic acids is 1. The number of rotatable bonds is 6. The summed E-state index contributed by atoms with van der Waals surface area (Å²) in [6.07, 6.45) is 1.92. The number of thiophene rings is 1. The Morgan fingerprint density at radius 3 is 2.97 bits per heavy atom. The van der Waals surface area contributed by atoms with Crippen molar-refractivity contribution in [1.82, 2.24) is 14.5 Å². The van der Waals surface area contributed by atoms with Crippen LogP contribution in [0.5, 0.6) is 5.75 Å². The molecule has 0 bridgehead atoms. The lowest BCUT2D eigenvalue weighted by Crippen LogP contribution is -2.42. The molecule has 1 aliphatic heterocycles. The molecule has 152 valence electrons. The summed E-state index contributed by atoms with van der Waals surface area (Å²) in [5.74, 6) is 0.229. The van der Waals surface area contributed by atoms with E-state index in [9.17, 15) is 14.4 Å². The fraction of sp³-hybridized carbons (Fsp3) is 0.350. The summed E-state index contributed by atoms with van der Waals surface area (Å²) in [5, 5.41) is 4.56. The van der Waals surface area contributed by atoms with Gasteiger partial charge in [-0.05, 0) is 36.4 Å². The average Bonchev–Trinajstić information content (AvgIpc) is 3.42. The van der Waals surface area contributed by atoms with Crippen LogP contribution in [0.25, 0.3) is 15.9 Å². The monoisotopic (exact) mass is 415 g/mol. The molecule has 0 aliphatic carbocycles. The highest BCUT2D eigenvalue weighted by molar-refractivity contribution is 7.17. The number of nitrogens with one attached hydrogen (secondary N) is 1. The lowest BCUT2D eigenvalue weighted by molar-refractivity contribution is -0.122. The Bertz CT molecular complexity index is 1160. The third-order valence-electron chi connectivity index (χ3n) is 4.92. The van der Waals surface area contributed by atoms with Gasteiger partial charge in [0.05, 0.1) is 24.4 Å². The summed E-state index contributed by atoms with van der Waals surface area (Å²) in [5.41, 5.74) is -0.134. The van der Waals surface area contributed by atoms with Crippen LogP contribution in [0.2, 0.25) is 0 Å². The normalized spacial score (nSPS) is 16.2. The van der Waals surface area contributed by atoms with Crippen molar-refractivity contribution in [3.05, 3.63) is 56.5 Å². The van der Waals surface area contributed by atoms with E-state index in [0.29, 0.717) is 34.8 Å². The molecule has 3 aromatic rings. The number of nitrogens with zero attached hydrogens (tertiary/aromatic N) is 2. The Morgan fingerprint density at radius 2 is 2.21 bits per heavy atom. The number of hydrogen-bond donors (Lipinski definition) is 1. The lowest BCUT2D eigenvalue weighted by atomic mass is 10.2. The maximum absolute atomic E-state index is 13.2. The SMILES string of the molecule is COc1cccc(-n2c(=O)c3sccc3n(CC(=O)NC[C@@H]3CCCO3)c2=O)c1. The predicted octanol–water partition coefficient (Wildman–Crippen LogP) is 1.52. The van der Waals surface area contributed by atoms with E-state index in [0.717, 1.165) is 17.4 Å². The first-order chi connectivity index (χ1) is 14.1. The van der Waals surface area contributed by atoms with Crippen molar-refractivity contribution in [3.63, 3.8) is 0 Å². The van der Waals surface area contributed by atoms with Crippen molar-refractivity contribution in [2.45, 2.75) is 25.5 Å². The van der Waals surface area contributed by atoms with E-state index in [-0.39, 0.29) is 18.6 Å². The zero-order valence-corrected chi connectivity index (χ0v) is 16.7. The zero-order chi connectivity index (χ0) is 20.4. The molecule has 0 spiro atoms. The first-order valence-electron chi connectivity index (χ1n) is 9.34. The molecule has 1 amide bonds. The van der Waals surface area contributed by atoms with Gasteiger partial charge in [-0.3, -0.25) is 14.2 Å². The summed E-state index contributed by atoms with van der Waals surface area (Å²) in [4.78, 5) is 38.6. The van der Waals surface area contributed by atoms with Gasteiger partial charge in [-0.25, -0.2) is 9.36 Å². The van der Waals surface area contributed by atoms with Gasteiger partial charge in [0.25, 0.3) is 5.56 Å². The second-order valence-electron chi connectivity index (χ2n) is 6.78. The van der Waals surface area contributed by atoms with E-state index >= 15 is 0 Å².